The van der Waals surface area contributed by atoms with Gasteiger partial charge >= 0.3 is 0 Å². The maximum Gasteiger partial charge on any atom is 0.190 e. The lowest BCUT2D eigenvalue weighted by molar-refractivity contribution is -0.186. The summed E-state index contributed by atoms with van der Waals surface area (Å²) in [6.45, 7) is 7.56. The second kappa shape index (κ2) is 6.48. The van der Waals surface area contributed by atoms with Crippen LogP contribution in [0.3, 0.4) is 0 Å². The predicted octanol–water partition coefficient (Wildman–Crippen LogP) is 2.23. The molecule has 0 saturated heterocycles. The predicted molar refractivity (Wildman–Crippen MR) is 104 cm³/mol. The molecule has 0 aliphatic heterocycles. The largest absolute Gasteiger partial charge is 0.393 e. The van der Waals surface area contributed by atoms with E-state index in [4.69, 9.17) is 0 Å². The van der Waals surface area contributed by atoms with Crippen molar-refractivity contribution < 1.29 is 24.9 Å². The molecule has 4 aliphatic carbocycles. The Labute approximate surface area is 167 Å². The van der Waals surface area contributed by atoms with E-state index in [2.05, 4.69) is 13.8 Å². The number of hydrogen-bond acceptors (Lipinski definition) is 5. The van der Waals surface area contributed by atoms with Gasteiger partial charge in [-0.25, -0.2) is 0 Å². The van der Waals surface area contributed by atoms with Gasteiger partial charge in [0, 0.05) is 11.8 Å². The Balaban J connectivity index is 1.77. The molecule has 8 atom stereocenters. The standard InChI is InChI=1S/C23H33O5/c1-4-13-9-15(25)10-14-5-6-16-17-7-8-23(28,19(27)12-24)21(17,2)11-18(26)20(16)22(13,14)3/h10,13,16-18,20,24,26,28H,1,4-9,11-12H2,2-3H3/t13?,16-,17-,18-,20+,21-,22-,23-/m0/s1. The highest BCUT2D eigenvalue weighted by molar-refractivity contribution is 5.92. The first-order valence-corrected chi connectivity index (χ1v) is 10.7. The minimum Gasteiger partial charge on any atom is -0.393 e. The van der Waals surface area contributed by atoms with Gasteiger partial charge in [-0.1, -0.05) is 26.3 Å². The van der Waals surface area contributed by atoms with Crippen molar-refractivity contribution in [3.8, 4) is 0 Å². The van der Waals surface area contributed by atoms with Gasteiger partial charge in [0.05, 0.1) is 6.10 Å². The quantitative estimate of drug-likeness (QED) is 0.688. The molecule has 4 rings (SSSR count). The first-order chi connectivity index (χ1) is 13.1. The average molecular weight is 390 g/mol. The van der Waals surface area contributed by atoms with E-state index in [1.54, 1.807) is 0 Å². The van der Waals surface area contributed by atoms with E-state index in [0.29, 0.717) is 25.7 Å². The van der Waals surface area contributed by atoms with Gasteiger partial charge in [0.2, 0.25) is 0 Å². The van der Waals surface area contributed by atoms with Crippen LogP contribution in [0.1, 0.15) is 58.8 Å². The molecule has 4 aliphatic rings. The minimum atomic E-state index is -1.57. The van der Waals surface area contributed by atoms with E-state index >= 15 is 0 Å². The van der Waals surface area contributed by atoms with Gasteiger partial charge in [-0.2, -0.15) is 0 Å². The highest BCUT2D eigenvalue weighted by Crippen LogP contribution is 2.68. The summed E-state index contributed by atoms with van der Waals surface area (Å²) in [7, 11) is 0. The second-order valence-electron chi connectivity index (χ2n) is 10.1. The minimum absolute atomic E-state index is 0.0111. The van der Waals surface area contributed by atoms with Crippen molar-refractivity contribution in [3.63, 3.8) is 0 Å². The lowest BCUT2D eigenvalue weighted by Gasteiger charge is -2.62. The van der Waals surface area contributed by atoms with Crippen LogP contribution in [-0.4, -0.2) is 45.2 Å². The van der Waals surface area contributed by atoms with Crippen molar-refractivity contribution in [2.75, 3.05) is 6.61 Å². The van der Waals surface area contributed by atoms with Crippen molar-refractivity contribution >= 4 is 11.6 Å². The Morgan fingerprint density at radius 2 is 2.04 bits per heavy atom. The van der Waals surface area contributed by atoms with Crippen molar-refractivity contribution in [1.82, 2.24) is 0 Å². The van der Waals surface area contributed by atoms with Gasteiger partial charge in [-0.3, -0.25) is 9.59 Å². The molecule has 5 nitrogen and oxygen atoms in total. The first-order valence-electron chi connectivity index (χ1n) is 10.7. The van der Waals surface area contributed by atoms with Crippen LogP contribution < -0.4 is 0 Å². The highest BCUT2D eigenvalue weighted by atomic mass is 16.3. The zero-order valence-electron chi connectivity index (χ0n) is 17.0. The molecule has 0 aromatic heterocycles. The molecule has 0 bridgehead atoms. The van der Waals surface area contributed by atoms with Gasteiger partial charge in [0.1, 0.15) is 12.2 Å². The number of aliphatic hydroxyl groups is 3. The molecule has 155 valence electrons. The Hall–Kier alpha value is -1.04. The molecule has 5 heteroatoms. The molecule has 1 radical (unpaired) electrons. The fraction of sp³-hybridized carbons (Fsp3) is 0.783. The van der Waals surface area contributed by atoms with E-state index in [0.717, 1.165) is 24.8 Å². The number of hydrogen-bond donors (Lipinski definition) is 3. The average Bonchev–Trinajstić information content (AvgIpc) is 2.92. The number of Topliss-reactive ketones (excluding diaryl/α,β-unsaturated/α-hetero) is 1. The summed E-state index contributed by atoms with van der Waals surface area (Å²) in [4.78, 5) is 24.7. The molecule has 1 unspecified atom stereocenters. The van der Waals surface area contributed by atoms with Crippen LogP contribution in [0.4, 0.5) is 0 Å². The number of allylic oxidation sites excluding steroid dienone is 1. The van der Waals surface area contributed by atoms with Crippen molar-refractivity contribution in [1.29, 1.82) is 0 Å². The molecular weight excluding hydrogens is 356 g/mol. The molecule has 0 aromatic carbocycles. The van der Waals surface area contributed by atoms with Crippen LogP contribution in [0.2, 0.25) is 0 Å². The molecule has 0 heterocycles. The molecule has 3 saturated carbocycles. The molecule has 3 fully saturated rings. The lowest BCUT2D eigenvalue weighted by Crippen LogP contribution is -2.63. The van der Waals surface area contributed by atoms with Gasteiger partial charge in [0.15, 0.2) is 11.6 Å². The summed E-state index contributed by atoms with van der Waals surface area (Å²) in [5.74, 6) is 0.0906. The maximum absolute atomic E-state index is 12.5. The lowest BCUT2D eigenvalue weighted by atomic mass is 9.43. The van der Waals surface area contributed by atoms with E-state index in [1.807, 2.05) is 13.0 Å². The molecule has 3 N–H and O–H groups in total. The second-order valence-corrected chi connectivity index (χ2v) is 10.1. The van der Waals surface area contributed by atoms with E-state index in [1.165, 1.54) is 0 Å². The fourth-order valence-corrected chi connectivity index (χ4v) is 7.87. The zero-order valence-corrected chi connectivity index (χ0v) is 17.0. The molecular formula is C23H33O5. The van der Waals surface area contributed by atoms with Gasteiger partial charge in [0.25, 0.3) is 0 Å². The van der Waals surface area contributed by atoms with Crippen molar-refractivity contribution in [2.24, 2.45) is 34.5 Å². The maximum atomic E-state index is 12.5. The van der Waals surface area contributed by atoms with Crippen LogP contribution in [0.5, 0.6) is 0 Å². The van der Waals surface area contributed by atoms with Crippen LogP contribution in [0.25, 0.3) is 0 Å². The van der Waals surface area contributed by atoms with Crippen LogP contribution in [-0.2, 0) is 9.59 Å². The Morgan fingerprint density at radius 3 is 2.68 bits per heavy atom. The number of aliphatic hydroxyl groups excluding tert-OH is 2. The van der Waals surface area contributed by atoms with E-state index in [-0.39, 0.29) is 34.9 Å². The third-order valence-electron chi connectivity index (χ3n) is 9.32. The summed E-state index contributed by atoms with van der Waals surface area (Å²) < 4.78 is 0. The number of rotatable bonds is 3. The van der Waals surface area contributed by atoms with Gasteiger partial charge in [-0.05, 0) is 73.7 Å². The van der Waals surface area contributed by atoms with Gasteiger partial charge in [-0.15, -0.1) is 0 Å². The van der Waals surface area contributed by atoms with Crippen molar-refractivity contribution in [2.45, 2.75) is 70.5 Å². The third-order valence-corrected chi connectivity index (χ3v) is 9.32. The number of carbonyl (C=O) groups excluding carboxylic acids is 2. The smallest absolute Gasteiger partial charge is 0.190 e. The Bertz CT molecular complexity index is 729. The number of fused-ring (bicyclic) bond motifs is 5. The number of carbonyl (C=O) groups is 2. The van der Waals surface area contributed by atoms with E-state index in [9.17, 15) is 24.9 Å². The summed E-state index contributed by atoms with van der Waals surface area (Å²) in [6, 6.07) is 0. The first kappa shape index (κ1) is 20.2. The SMILES string of the molecule is [CH2]CC1CC(=O)C=C2CC[C@@H]3[C@H]([C@@H](O)C[C@@]4(C)[C@H]3CC[C@]4(O)C(=O)CO)[C@]21C. The van der Waals surface area contributed by atoms with Crippen LogP contribution in [0.15, 0.2) is 11.6 Å². The fourth-order valence-electron chi connectivity index (χ4n) is 7.87. The molecule has 28 heavy (non-hydrogen) atoms. The Morgan fingerprint density at radius 1 is 1.32 bits per heavy atom. The summed E-state index contributed by atoms with van der Waals surface area (Å²) in [5, 5.41) is 32.1. The van der Waals surface area contributed by atoms with E-state index < -0.39 is 29.5 Å². The number of ketones is 2. The third kappa shape index (κ3) is 2.36. The monoisotopic (exact) mass is 389 g/mol. The highest BCUT2D eigenvalue weighted by Gasteiger charge is 2.68. The van der Waals surface area contributed by atoms with Crippen LogP contribution in [0, 0.1) is 41.4 Å². The van der Waals surface area contributed by atoms with Crippen molar-refractivity contribution in [3.05, 3.63) is 18.6 Å². The summed E-state index contributed by atoms with van der Waals surface area (Å²) in [6.07, 6.45) is 5.41. The topological polar surface area (TPSA) is 94.8 Å². The van der Waals surface area contributed by atoms with Crippen LogP contribution >= 0.6 is 0 Å². The molecule has 0 spiro atoms. The summed E-state index contributed by atoms with van der Waals surface area (Å²) in [5.41, 5.74) is -1.40. The normalized spacial score (nSPS) is 50.4. The summed E-state index contributed by atoms with van der Waals surface area (Å²) >= 11 is 0. The molecule has 0 amide bonds. The Kier molecular flexibility index (Phi) is 4.68. The molecule has 0 aromatic rings. The zero-order chi connectivity index (χ0) is 20.5. The van der Waals surface area contributed by atoms with Gasteiger partial charge < -0.3 is 15.3 Å².